The molecule has 1 heterocycles. The van der Waals surface area contributed by atoms with Gasteiger partial charge < -0.3 is 10.0 Å². The third-order valence-corrected chi connectivity index (χ3v) is 4.44. The van der Waals surface area contributed by atoms with E-state index in [9.17, 15) is 9.50 Å². The lowest BCUT2D eigenvalue weighted by Crippen LogP contribution is -2.21. The van der Waals surface area contributed by atoms with Gasteiger partial charge in [0, 0.05) is 37.5 Å². The Bertz CT molecular complexity index is 847. The minimum Gasteiger partial charge on any atom is -0.388 e. The van der Waals surface area contributed by atoms with Crippen LogP contribution in [0.4, 0.5) is 4.39 Å². The molecule has 3 rings (SSSR count). The average Bonchev–Trinajstić information content (AvgIpc) is 3.00. The van der Waals surface area contributed by atoms with Gasteiger partial charge in [-0.15, -0.1) is 0 Å². The van der Waals surface area contributed by atoms with Gasteiger partial charge in [0.2, 0.25) is 0 Å². The Morgan fingerprint density at radius 1 is 1.12 bits per heavy atom. The van der Waals surface area contributed by atoms with E-state index in [0.29, 0.717) is 24.2 Å². The summed E-state index contributed by atoms with van der Waals surface area (Å²) >= 11 is 0. The lowest BCUT2D eigenvalue weighted by Gasteiger charge is -2.19. The molecule has 1 atom stereocenters. The van der Waals surface area contributed by atoms with Gasteiger partial charge in [0.25, 0.3) is 0 Å². The van der Waals surface area contributed by atoms with Gasteiger partial charge in [-0.05, 0) is 31.2 Å². The fraction of sp³-hybridized carbons (Fsp3) is 0.286. The summed E-state index contributed by atoms with van der Waals surface area (Å²) < 4.78 is 15.9. The molecule has 0 aliphatic carbocycles. The van der Waals surface area contributed by atoms with Crippen molar-refractivity contribution in [3.63, 3.8) is 0 Å². The molecule has 4 nitrogen and oxygen atoms in total. The van der Waals surface area contributed by atoms with Crippen LogP contribution in [0.25, 0.3) is 11.3 Å². The Morgan fingerprint density at radius 2 is 1.81 bits per heavy atom. The zero-order chi connectivity index (χ0) is 18.5. The molecule has 1 N–H and O–H groups in total. The molecule has 0 aliphatic rings. The molecule has 136 valence electrons. The highest BCUT2D eigenvalue weighted by molar-refractivity contribution is 5.63. The molecule has 26 heavy (non-hydrogen) atoms. The number of rotatable bonds is 7. The fourth-order valence-corrected chi connectivity index (χ4v) is 3.09. The van der Waals surface area contributed by atoms with Crippen LogP contribution < -0.4 is 0 Å². The van der Waals surface area contributed by atoms with Crippen LogP contribution in [0.5, 0.6) is 0 Å². The number of halogens is 1. The van der Waals surface area contributed by atoms with Crippen molar-refractivity contribution in [2.75, 3.05) is 13.6 Å². The highest BCUT2D eigenvalue weighted by Gasteiger charge is 2.16. The minimum atomic E-state index is -0.487. The first-order chi connectivity index (χ1) is 12.5. The predicted octanol–water partition coefficient (Wildman–Crippen LogP) is 3.78. The van der Waals surface area contributed by atoms with E-state index in [0.717, 1.165) is 17.7 Å². The number of aliphatic hydroxyl groups is 1. The van der Waals surface area contributed by atoms with Gasteiger partial charge in [-0.2, -0.15) is 5.10 Å². The molecule has 5 heteroatoms. The van der Waals surface area contributed by atoms with Crippen LogP contribution in [0.1, 0.15) is 23.7 Å². The summed E-state index contributed by atoms with van der Waals surface area (Å²) in [6, 6.07) is 16.4. The molecule has 0 unspecified atom stereocenters. The molecule has 1 aromatic heterocycles. The van der Waals surface area contributed by atoms with Gasteiger partial charge in [-0.1, -0.05) is 42.5 Å². The highest BCUT2D eigenvalue weighted by Crippen LogP contribution is 2.26. The Hall–Kier alpha value is -2.50. The summed E-state index contributed by atoms with van der Waals surface area (Å²) in [6.45, 7) is 1.36. The van der Waals surface area contributed by atoms with E-state index in [1.807, 2.05) is 56.7 Å². The van der Waals surface area contributed by atoms with Crippen molar-refractivity contribution < 1.29 is 9.50 Å². The summed E-state index contributed by atoms with van der Waals surface area (Å²) in [5.41, 5.74) is 3.07. The molecule has 2 aromatic carbocycles. The molecular formula is C21H24FN3O. The van der Waals surface area contributed by atoms with Crippen LogP contribution in [-0.4, -0.2) is 33.4 Å². The van der Waals surface area contributed by atoms with E-state index in [1.54, 1.807) is 16.8 Å². The van der Waals surface area contributed by atoms with E-state index in [4.69, 9.17) is 0 Å². The standard InChI is InChI=1S/C21H24FN3O/c1-24(13-12-20(26)16-8-4-3-5-9-16)14-17-15-25(2)23-21(17)18-10-6-7-11-19(18)22/h3-11,15,20,26H,12-14H2,1-2H3/t20-/m1/s1. The maximum absolute atomic E-state index is 14.1. The van der Waals surface area contributed by atoms with E-state index in [1.165, 1.54) is 6.07 Å². The first-order valence-corrected chi connectivity index (χ1v) is 8.73. The molecule has 0 aliphatic heterocycles. The lowest BCUT2D eigenvalue weighted by atomic mass is 10.1. The van der Waals surface area contributed by atoms with E-state index >= 15 is 0 Å². The maximum atomic E-state index is 14.1. The molecule has 0 saturated heterocycles. The Morgan fingerprint density at radius 3 is 2.54 bits per heavy atom. The third kappa shape index (κ3) is 4.36. The molecule has 0 amide bonds. The van der Waals surface area contributed by atoms with Crippen LogP contribution in [-0.2, 0) is 13.6 Å². The van der Waals surface area contributed by atoms with Crippen molar-refractivity contribution in [1.82, 2.24) is 14.7 Å². The predicted molar refractivity (Wildman–Crippen MR) is 101 cm³/mol. The second-order valence-electron chi connectivity index (χ2n) is 6.61. The summed E-state index contributed by atoms with van der Waals surface area (Å²) in [4.78, 5) is 2.12. The third-order valence-electron chi connectivity index (χ3n) is 4.44. The van der Waals surface area contributed by atoms with Crippen LogP contribution in [0.3, 0.4) is 0 Å². The quantitative estimate of drug-likeness (QED) is 0.703. The van der Waals surface area contributed by atoms with Crippen LogP contribution >= 0.6 is 0 Å². The van der Waals surface area contributed by atoms with Gasteiger partial charge >= 0.3 is 0 Å². The van der Waals surface area contributed by atoms with Crippen molar-refractivity contribution in [3.05, 3.63) is 77.7 Å². The van der Waals surface area contributed by atoms with E-state index < -0.39 is 6.10 Å². The monoisotopic (exact) mass is 353 g/mol. The van der Waals surface area contributed by atoms with Crippen LogP contribution in [0.15, 0.2) is 60.8 Å². The van der Waals surface area contributed by atoms with Crippen molar-refractivity contribution >= 4 is 0 Å². The number of aryl methyl sites for hydroxylation is 1. The topological polar surface area (TPSA) is 41.3 Å². The summed E-state index contributed by atoms with van der Waals surface area (Å²) in [5.74, 6) is -0.269. The largest absolute Gasteiger partial charge is 0.388 e. The molecule has 3 aromatic rings. The molecule has 0 bridgehead atoms. The molecule has 0 fully saturated rings. The summed E-state index contributed by atoms with van der Waals surface area (Å²) in [7, 11) is 3.84. The van der Waals surface area contributed by atoms with Gasteiger partial charge in [0.05, 0.1) is 11.8 Å². The zero-order valence-electron chi connectivity index (χ0n) is 15.1. The molecular weight excluding hydrogens is 329 g/mol. The first kappa shape index (κ1) is 18.3. The van der Waals surface area contributed by atoms with Crippen molar-refractivity contribution in [3.8, 4) is 11.3 Å². The zero-order valence-corrected chi connectivity index (χ0v) is 15.1. The second-order valence-corrected chi connectivity index (χ2v) is 6.61. The number of nitrogens with zero attached hydrogens (tertiary/aromatic N) is 3. The Balaban J connectivity index is 1.67. The van der Waals surface area contributed by atoms with Crippen LogP contribution in [0.2, 0.25) is 0 Å². The van der Waals surface area contributed by atoms with Gasteiger partial charge in [-0.3, -0.25) is 4.68 Å². The van der Waals surface area contributed by atoms with Crippen molar-refractivity contribution in [2.24, 2.45) is 7.05 Å². The van der Waals surface area contributed by atoms with Crippen molar-refractivity contribution in [1.29, 1.82) is 0 Å². The molecule has 0 radical (unpaired) electrons. The molecule has 0 saturated carbocycles. The summed E-state index contributed by atoms with van der Waals surface area (Å²) in [6.07, 6.45) is 2.07. The highest BCUT2D eigenvalue weighted by atomic mass is 19.1. The fourth-order valence-electron chi connectivity index (χ4n) is 3.09. The van der Waals surface area contributed by atoms with E-state index in [-0.39, 0.29) is 5.82 Å². The maximum Gasteiger partial charge on any atom is 0.132 e. The number of hydrogen-bond acceptors (Lipinski definition) is 3. The normalized spacial score (nSPS) is 12.5. The lowest BCUT2D eigenvalue weighted by molar-refractivity contribution is 0.147. The van der Waals surface area contributed by atoms with Crippen molar-refractivity contribution in [2.45, 2.75) is 19.1 Å². The van der Waals surface area contributed by atoms with Gasteiger partial charge in [0.15, 0.2) is 0 Å². The Kier molecular flexibility index (Phi) is 5.81. The number of benzene rings is 2. The second kappa shape index (κ2) is 8.25. The first-order valence-electron chi connectivity index (χ1n) is 8.73. The number of aromatic nitrogens is 2. The van der Waals surface area contributed by atoms with Gasteiger partial charge in [-0.25, -0.2) is 4.39 Å². The Labute approximate surface area is 153 Å². The smallest absolute Gasteiger partial charge is 0.132 e. The number of hydrogen-bond donors (Lipinski definition) is 1. The minimum absolute atomic E-state index is 0.269. The average molecular weight is 353 g/mol. The van der Waals surface area contributed by atoms with Crippen LogP contribution in [0, 0.1) is 5.82 Å². The molecule has 0 spiro atoms. The summed E-state index contributed by atoms with van der Waals surface area (Å²) in [5, 5.41) is 14.8. The SMILES string of the molecule is CN(CC[C@@H](O)c1ccccc1)Cc1cn(C)nc1-c1ccccc1F. The van der Waals surface area contributed by atoms with E-state index in [2.05, 4.69) is 10.00 Å². The van der Waals surface area contributed by atoms with Gasteiger partial charge in [0.1, 0.15) is 5.82 Å². The number of aliphatic hydroxyl groups excluding tert-OH is 1.